The van der Waals surface area contributed by atoms with E-state index >= 15 is 0 Å². The lowest BCUT2D eigenvalue weighted by Gasteiger charge is -2.49. The average Bonchev–Trinajstić information content (AvgIpc) is 3.47. The summed E-state index contributed by atoms with van der Waals surface area (Å²) in [7, 11) is 0. The Balaban J connectivity index is 1.17. The van der Waals surface area contributed by atoms with Crippen molar-refractivity contribution in [1.82, 2.24) is 15.1 Å². The van der Waals surface area contributed by atoms with E-state index < -0.39 is 0 Å². The van der Waals surface area contributed by atoms with Crippen molar-refractivity contribution in [2.45, 2.75) is 69.0 Å². The van der Waals surface area contributed by atoms with Crippen LogP contribution in [0.3, 0.4) is 0 Å². The van der Waals surface area contributed by atoms with E-state index in [0.29, 0.717) is 11.0 Å². The largest absolute Gasteiger partial charge is 0.363 e. The minimum atomic E-state index is -0.359. The minimum Gasteiger partial charge on any atom is -0.363 e. The molecule has 7 unspecified atom stereocenters. The zero-order valence-electron chi connectivity index (χ0n) is 20.9. The molecule has 36 heavy (non-hydrogen) atoms. The molecule has 3 aromatic rings. The molecule has 4 fully saturated rings. The molecule has 1 aliphatic heterocycles. The van der Waals surface area contributed by atoms with E-state index in [1.54, 1.807) is 6.20 Å². The Morgan fingerprint density at radius 2 is 1.75 bits per heavy atom. The number of rotatable bonds is 4. The first kappa shape index (κ1) is 21.0. The molecule has 1 spiro atoms. The zero-order chi connectivity index (χ0) is 24.1. The van der Waals surface area contributed by atoms with Gasteiger partial charge in [-0.25, -0.2) is 4.68 Å². The van der Waals surface area contributed by atoms with E-state index in [2.05, 4.69) is 82.9 Å². The molecule has 5 nitrogen and oxygen atoms in total. The van der Waals surface area contributed by atoms with Crippen LogP contribution in [0.25, 0.3) is 0 Å². The van der Waals surface area contributed by atoms with Gasteiger partial charge in [-0.2, -0.15) is 5.10 Å². The maximum atomic E-state index is 14.0. The maximum absolute atomic E-state index is 14.0. The monoisotopic (exact) mass is 478 g/mol. The number of amides is 1. The summed E-state index contributed by atoms with van der Waals surface area (Å²) >= 11 is 0. The summed E-state index contributed by atoms with van der Waals surface area (Å²) in [5.41, 5.74) is 3.31. The molecule has 2 heterocycles. The number of aromatic nitrogens is 2. The van der Waals surface area contributed by atoms with Crippen molar-refractivity contribution in [3.05, 3.63) is 83.6 Å². The Bertz CT molecular complexity index is 1350. The predicted octanol–water partition coefficient (Wildman–Crippen LogP) is 5.90. The molecule has 2 aromatic carbocycles. The van der Waals surface area contributed by atoms with Gasteiger partial charge in [0.15, 0.2) is 0 Å². The lowest BCUT2D eigenvalue weighted by atomic mass is 9.56. The van der Waals surface area contributed by atoms with Gasteiger partial charge in [0, 0.05) is 12.0 Å². The fraction of sp³-hybridized carbons (Fsp3) is 0.484. The second-order valence-electron chi connectivity index (χ2n) is 12.8. The molecule has 0 saturated heterocycles. The second kappa shape index (κ2) is 7.02. The van der Waals surface area contributed by atoms with Gasteiger partial charge in [-0.15, -0.1) is 0 Å². The van der Waals surface area contributed by atoms with Gasteiger partial charge in [0.1, 0.15) is 11.4 Å². The summed E-state index contributed by atoms with van der Waals surface area (Å²) in [6.07, 6.45) is 10.4. The highest BCUT2D eigenvalue weighted by Gasteiger charge is 2.71. The molecule has 4 aliphatic carbocycles. The quantitative estimate of drug-likeness (QED) is 0.491. The van der Waals surface area contributed by atoms with Crippen LogP contribution in [-0.4, -0.2) is 21.2 Å². The first-order valence-corrected chi connectivity index (χ1v) is 13.8. The van der Waals surface area contributed by atoms with Gasteiger partial charge in [0.05, 0.1) is 17.8 Å². The summed E-state index contributed by atoms with van der Waals surface area (Å²) in [6.45, 7) is 2.25. The number of carbonyl (C=O) groups is 1. The van der Waals surface area contributed by atoms with E-state index in [4.69, 9.17) is 5.10 Å². The summed E-state index contributed by atoms with van der Waals surface area (Å²) < 4.78 is 2.06. The average molecular weight is 479 g/mol. The van der Waals surface area contributed by atoms with Crippen molar-refractivity contribution in [3.63, 3.8) is 0 Å². The summed E-state index contributed by atoms with van der Waals surface area (Å²) in [5.74, 6) is 3.45. The first-order chi connectivity index (χ1) is 17.5. The molecule has 184 valence electrons. The number of nitrogens with one attached hydrogen (secondary N) is 2. The Morgan fingerprint density at radius 3 is 2.56 bits per heavy atom. The zero-order valence-corrected chi connectivity index (χ0v) is 20.9. The normalized spacial score (nSPS) is 39.1. The number of hydrogen-bond acceptors (Lipinski definition) is 3. The van der Waals surface area contributed by atoms with Crippen molar-refractivity contribution in [2.75, 3.05) is 5.32 Å². The second-order valence-corrected chi connectivity index (χ2v) is 12.8. The fourth-order valence-electron chi connectivity index (χ4n) is 9.46. The lowest BCUT2D eigenvalue weighted by molar-refractivity contribution is -0.000690. The van der Waals surface area contributed by atoms with Gasteiger partial charge in [-0.1, -0.05) is 60.7 Å². The predicted molar refractivity (Wildman–Crippen MR) is 140 cm³/mol. The van der Waals surface area contributed by atoms with Crippen LogP contribution >= 0.6 is 0 Å². The third kappa shape index (κ3) is 2.72. The molecule has 8 rings (SSSR count). The fourth-order valence-corrected chi connectivity index (χ4v) is 9.46. The van der Waals surface area contributed by atoms with Gasteiger partial charge in [-0.05, 0) is 79.7 Å². The topological polar surface area (TPSA) is 59.0 Å². The highest BCUT2D eigenvalue weighted by molar-refractivity contribution is 5.99. The van der Waals surface area contributed by atoms with Gasteiger partial charge < -0.3 is 10.6 Å². The number of hydrogen-bond donors (Lipinski definition) is 2. The van der Waals surface area contributed by atoms with Crippen LogP contribution in [0.2, 0.25) is 0 Å². The Labute approximate surface area is 212 Å². The van der Waals surface area contributed by atoms with Crippen molar-refractivity contribution in [2.24, 2.45) is 23.2 Å². The number of benzene rings is 2. The van der Waals surface area contributed by atoms with Crippen LogP contribution in [0, 0.1) is 23.2 Å². The third-order valence-electron chi connectivity index (χ3n) is 10.8. The van der Waals surface area contributed by atoms with Crippen LogP contribution in [0.1, 0.15) is 79.4 Å². The molecular weight excluding hydrogens is 444 g/mol. The minimum absolute atomic E-state index is 0.0129. The van der Waals surface area contributed by atoms with Crippen molar-refractivity contribution < 1.29 is 4.79 Å². The maximum Gasteiger partial charge on any atom is 0.257 e. The molecule has 1 amide bonds. The molecule has 2 N–H and O–H groups in total. The Hall–Kier alpha value is -3.08. The van der Waals surface area contributed by atoms with E-state index in [-0.39, 0.29) is 23.0 Å². The molecule has 1 aromatic heterocycles. The highest BCUT2D eigenvalue weighted by Crippen LogP contribution is 2.76. The molecule has 3 bridgehead atoms. The van der Waals surface area contributed by atoms with Gasteiger partial charge in [0.25, 0.3) is 5.91 Å². The molecule has 7 atom stereocenters. The van der Waals surface area contributed by atoms with Crippen molar-refractivity contribution in [3.8, 4) is 0 Å². The van der Waals surface area contributed by atoms with Crippen LogP contribution in [0.5, 0.6) is 0 Å². The van der Waals surface area contributed by atoms with Crippen LogP contribution in [-0.2, 0) is 5.54 Å². The smallest absolute Gasteiger partial charge is 0.257 e. The number of carbonyl (C=O) groups excluding carboxylic acids is 1. The lowest BCUT2D eigenvalue weighted by Crippen LogP contribution is -2.50. The van der Waals surface area contributed by atoms with Crippen LogP contribution in [0.4, 0.5) is 5.82 Å². The standard InChI is InChI=1S/C31H34N4O/c1-29(22-10-6-3-7-11-22)17-26(21-8-4-2-5-9-21)33-27-25(18-32-35(27)29)28(36)34-30-14-20-12-23-13-24(16-30)31(23,15-20)19-30/h2-11,18,20,23-24,26,33H,12-17,19H2,1H3,(H,34,36). The first-order valence-electron chi connectivity index (χ1n) is 13.8. The molecule has 4 saturated carbocycles. The summed E-state index contributed by atoms with van der Waals surface area (Å²) in [4.78, 5) is 14.0. The van der Waals surface area contributed by atoms with E-state index in [1.807, 2.05) is 0 Å². The number of anilines is 1. The number of fused-ring (bicyclic) bond motifs is 3. The van der Waals surface area contributed by atoms with E-state index in [9.17, 15) is 4.79 Å². The van der Waals surface area contributed by atoms with E-state index in [1.165, 1.54) is 49.7 Å². The van der Waals surface area contributed by atoms with Gasteiger partial charge >= 0.3 is 0 Å². The van der Waals surface area contributed by atoms with Crippen LogP contribution < -0.4 is 10.6 Å². The van der Waals surface area contributed by atoms with Crippen LogP contribution in [0.15, 0.2) is 66.9 Å². The van der Waals surface area contributed by atoms with Crippen molar-refractivity contribution in [1.29, 1.82) is 0 Å². The van der Waals surface area contributed by atoms with Crippen molar-refractivity contribution >= 4 is 11.7 Å². The number of nitrogens with zero attached hydrogens (tertiary/aromatic N) is 2. The molecular formula is C31H34N4O. The molecule has 5 aliphatic rings. The third-order valence-corrected chi connectivity index (χ3v) is 10.8. The Morgan fingerprint density at radius 1 is 0.972 bits per heavy atom. The van der Waals surface area contributed by atoms with E-state index in [0.717, 1.165) is 30.0 Å². The van der Waals surface area contributed by atoms with Gasteiger partial charge in [0.2, 0.25) is 0 Å². The Kier molecular flexibility index (Phi) is 4.11. The highest BCUT2D eigenvalue weighted by atomic mass is 16.2. The summed E-state index contributed by atoms with van der Waals surface area (Å²) in [5, 5.41) is 12.2. The summed E-state index contributed by atoms with van der Waals surface area (Å²) in [6, 6.07) is 21.3. The molecule has 5 heteroatoms. The molecule has 0 radical (unpaired) electrons. The van der Waals surface area contributed by atoms with Gasteiger partial charge in [-0.3, -0.25) is 4.79 Å². The SMILES string of the molecule is CC1(c2ccccc2)CC(c2ccccc2)Nc2c(C(=O)NC34CC5CC6CC(C3)C6(C5)C4)cnn21.